The minimum absolute atomic E-state index is 0.0723. The number of piperidine rings is 1. The second kappa shape index (κ2) is 13.2. The summed E-state index contributed by atoms with van der Waals surface area (Å²) >= 11 is 0. The Labute approximate surface area is 247 Å². The molecule has 0 spiro atoms. The Bertz CT molecular complexity index is 1360. The first-order valence-electron chi connectivity index (χ1n) is 14.8. The largest absolute Gasteiger partial charge is 0.481 e. The van der Waals surface area contributed by atoms with Crippen molar-refractivity contribution < 1.29 is 24.2 Å². The van der Waals surface area contributed by atoms with Crippen molar-refractivity contribution in [2.45, 2.75) is 50.6 Å². The number of nitrogens with one attached hydrogen (secondary N) is 2. The molecule has 0 bridgehead atoms. The van der Waals surface area contributed by atoms with Crippen molar-refractivity contribution in [3.05, 3.63) is 95.6 Å². The summed E-state index contributed by atoms with van der Waals surface area (Å²) in [7, 11) is 0. The normalized spacial score (nSPS) is 16.6. The molecule has 3 aromatic carbocycles. The molecule has 1 aliphatic carbocycles. The molecular formula is C34H39N3O5. The highest BCUT2D eigenvalue weighted by atomic mass is 16.5. The number of aliphatic carboxylic acids is 1. The third-order valence-electron chi connectivity index (χ3n) is 8.60. The van der Waals surface area contributed by atoms with Crippen LogP contribution in [0.3, 0.4) is 0 Å². The average Bonchev–Trinajstić information content (AvgIpc) is 3.33. The lowest BCUT2D eigenvalue weighted by Gasteiger charge is -2.40. The van der Waals surface area contributed by atoms with E-state index < -0.39 is 23.5 Å². The van der Waals surface area contributed by atoms with Gasteiger partial charge >= 0.3 is 12.1 Å². The number of hydrogen-bond donors (Lipinski definition) is 3. The quantitative estimate of drug-likeness (QED) is 0.275. The Morgan fingerprint density at radius 3 is 2.14 bits per heavy atom. The lowest BCUT2D eigenvalue weighted by molar-refractivity contribution is -0.141. The number of hydrogen-bond acceptors (Lipinski definition) is 5. The zero-order valence-electron chi connectivity index (χ0n) is 24.1. The molecule has 1 aliphatic heterocycles. The van der Waals surface area contributed by atoms with Gasteiger partial charge in [0.25, 0.3) is 0 Å². The van der Waals surface area contributed by atoms with Crippen LogP contribution < -0.4 is 10.6 Å². The van der Waals surface area contributed by atoms with E-state index in [-0.39, 0.29) is 18.4 Å². The summed E-state index contributed by atoms with van der Waals surface area (Å²) < 4.78 is 5.81. The number of carbonyl (C=O) groups is 3. The van der Waals surface area contributed by atoms with Crippen LogP contribution in [0.2, 0.25) is 0 Å². The van der Waals surface area contributed by atoms with Crippen molar-refractivity contribution in [1.82, 2.24) is 15.5 Å². The molecule has 3 N–H and O–H groups in total. The Balaban J connectivity index is 1.24. The van der Waals surface area contributed by atoms with Gasteiger partial charge in [0.1, 0.15) is 12.1 Å². The number of ether oxygens (including phenoxy) is 1. The number of alkyl carbamates (subject to hydrolysis) is 1. The number of carboxylic acid groups (broad SMARTS) is 1. The molecule has 0 radical (unpaired) electrons. The molecule has 0 saturated carbocycles. The summed E-state index contributed by atoms with van der Waals surface area (Å²) in [6, 6.07) is 26.5. The minimum atomic E-state index is -1.10. The van der Waals surface area contributed by atoms with Gasteiger partial charge in [-0.25, -0.2) is 4.79 Å². The molecule has 2 amide bonds. The molecule has 1 atom stereocenters. The molecule has 42 heavy (non-hydrogen) atoms. The predicted molar refractivity (Wildman–Crippen MR) is 161 cm³/mol. The molecule has 1 fully saturated rings. The Morgan fingerprint density at radius 2 is 1.52 bits per heavy atom. The van der Waals surface area contributed by atoms with Crippen LogP contribution in [0.5, 0.6) is 0 Å². The Hall–Kier alpha value is -4.17. The molecule has 2 aliphatic rings. The molecule has 3 aromatic rings. The molecule has 8 nitrogen and oxygen atoms in total. The summed E-state index contributed by atoms with van der Waals surface area (Å²) in [5.41, 5.74) is 4.66. The first kappa shape index (κ1) is 29.3. The van der Waals surface area contributed by atoms with Gasteiger partial charge in [0, 0.05) is 32.1 Å². The third-order valence-corrected chi connectivity index (χ3v) is 8.60. The van der Waals surface area contributed by atoms with Crippen LogP contribution in [0, 0.1) is 5.92 Å². The van der Waals surface area contributed by atoms with Crippen molar-refractivity contribution in [2.75, 3.05) is 26.2 Å². The van der Waals surface area contributed by atoms with E-state index >= 15 is 0 Å². The van der Waals surface area contributed by atoms with E-state index in [9.17, 15) is 14.4 Å². The number of likely N-dealkylation sites (tertiary alicyclic amines) is 1. The van der Waals surface area contributed by atoms with E-state index in [1.165, 1.54) is 5.56 Å². The summed E-state index contributed by atoms with van der Waals surface area (Å²) in [5, 5.41) is 15.1. The van der Waals surface area contributed by atoms with Crippen molar-refractivity contribution in [3.8, 4) is 11.1 Å². The fourth-order valence-corrected chi connectivity index (χ4v) is 6.08. The number of amides is 2. The minimum Gasteiger partial charge on any atom is -0.481 e. The van der Waals surface area contributed by atoms with E-state index in [0.29, 0.717) is 45.3 Å². The lowest BCUT2D eigenvalue weighted by atomic mass is 9.86. The topological polar surface area (TPSA) is 108 Å². The smallest absolute Gasteiger partial charge is 0.408 e. The highest BCUT2D eigenvalue weighted by Crippen LogP contribution is 2.44. The maximum absolute atomic E-state index is 13.6. The summed E-state index contributed by atoms with van der Waals surface area (Å²) in [4.78, 5) is 40.3. The molecule has 0 aromatic heterocycles. The van der Waals surface area contributed by atoms with Gasteiger partial charge in [0.15, 0.2) is 0 Å². The van der Waals surface area contributed by atoms with Crippen LogP contribution in [0.4, 0.5) is 4.79 Å². The van der Waals surface area contributed by atoms with E-state index in [1.807, 2.05) is 42.5 Å². The van der Waals surface area contributed by atoms with Gasteiger partial charge in [-0.15, -0.1) is 0 Å². The molecule has 1 heterocycles. The second-order valence-corrected chi connectivity index (χ2v) is 11.4. The van der Waals surface area contributed by atoms with Crippen LogP contribution in [-0.2, 0) is 20.9 Å². The second-order valence-electron chi connectivity index (χ2n) is 11.4. The van der Waals surface area contributed by atoms with Crippen LogP contribution >= 0.6 is 0 Å². The zero-order valence-corrected chi connectivity index (χ0v) is 24.1. The fraction of sp³-hybridized carbons (Fsp3) is 0.382. The monoisotopic (exact) mass is 569 g/mol. The highest BCUT2D eigenvalue weighted by molar-refractivity contribution is 5.90. The van der Waals surface area contributed by atoms with Crippen LogP contribution in [-0.4, -0.2) is 59.8 Å². The van der Waals surface area contributed by atoms with E-state index in [2.05, 4.69) is 51.9 Å². The zero-order chi connectivity index (χ0) is 29.5. The molecular weight excluding hydrogens is 530 g/mol. The SMILES string of the molecule is CC(CCCNC(=O)C1(NC(=O)OCC2c3ccccc3-c3ccccc32)CCN(Cc2ccccc2)CC1)C(=O)O. The number of nitrogens with zero attached hydrogens (tertiary/aromatic N) is 1. The van der Waals surface area contributed by atoms with Gasteiger partial charge in [-0.2, -0.15) is 0 Å². The maximum atomic E-state index is 13.6. The molecule has 5 rings (SSSR count). The summed E-state index contributed by atoms with van der Waals surface area (Å²) in [6.07, 6.45) is 1.29. The van der Waals surface area contributed by atoms with Crippen LogP contribution in [0.1, 0.15) is 55.2 Å². The first-order chi connectivity index (χ1) is 20.4. The Morgan fingerprint density at radius 1 is 0.929 bits per heavy atom. The van der Waals surface area contributed by atoms with Crippen molar-refractivity contribution in [1.29, 1.82) is 0 Å². The average molecular weight is 570 g/mol. The van der Waals surface area contributed by atoms with Gasteiger partial charge < -0.3 is 20.5 Å². The molecule has 8 heteroatoms. The van der Waals surface area contributed by atoms with Gasteiger partial charge in [0.05, 0.1) is 5.92 Å². The van der Waals surface area contributed by atoms with Crippen molar-refractivity contribution >= 4 is 18.0 Å². The Kier molecular flexibility index (Phi) is 9.22. The lowest BCUT2D eigenvalue weighted by Crippen LogP contribution is -2.63. The number of benzene rings is 3. The summed E-state index contributed by atoms with van der Waals surface area (Å²) in [5.74, 6) is -1.65. The van der Waals surface area contributed by atoms with Crippen molar-refractivity contribution in [3.63, 3.8) is 0 Å². The van der Waals surface area contributed by atoms with Gasteiger partial charge in [-0.3, -0.25) is 14.5 Å². The number of carbonyl (C=O) groups excluding carboxylic acids is 2. The van der Waals surface area contributed by atoms with Crippen LogP contribution in [0.25, 0.3) is 11.1 Å². The predicted octanol–water partition coefficient (Wildman–Crippen LogP) is 5.18. The maximum Gasteiger partial charge on any atom is 0.408 e. The van der Waals surface area contributed by atoms with Gasteiger partial charge in [0.2, 0.25) is 5.91 Å². The van der Waals surface area contributed by atoms with E-state index in [0.717, 1.165) is 28.8 Å². The molecule has 220 valence electrons. The van der Waals surface area contributed by atoms with Crippen molar-refractivity contribution in [2.24, 2.45) is 5.92 Å². The number of carboxylic acids is 1. The fourth-order valence-electron chi connectivity index (χ4n) is 6.08. The number of rotatable bonds is 11. The van der Waals surface area contributed by atoms with E-state index in [1.54, 1.807) is 6.92 Å². The number of fused-ring (bicyclic) bond motifs is 3. The highest BCUT2D eigenvalue weighted by Gasteiger charge is 2.43. The summed E-state index contributed by atoms with van der Waals surface area (Å²) in [6.45, 7) is 4.23. The third kappa shape index (κ3) is 6.65. The standard InChI is InChI=1S/C34H39N3O5/c1-24(31(38)39)10-9-19-35-32(40)34(17-20-37(21-18-34)22-25-11-3-2-4-12-25)36-33(41)42-23-30-28-15-7-5-13-26(28)27-14-6-8-16-29(27)30/h2-8,11-16,24,30H,9-10,17-23H2,1H3,(H,35,40)(H,36,41)(H,38,39). The van der Waals surface area contributed by atoms with E-state index in [4.69, 9.17) is 9.84 Å². The van der Waals surface area contributed by atoms with Gasteiger partial charge in [-0.05, 0) is 53.5 Å². The molecule has 1 saturated heterocycles. The van der Waals surface area contributed by atoms with Crippen LogP contribution in [0.15, 0.2) is 78.9 Å². The molecule has 1 unspecified atom stereocenters. The van der Waals surface area contributed by atoms with Gasteiger partial charge in [-0.1, -0.05) is 85.8 Å². The first-order valence-corrected chi connectivity index (χ1v) is 14.8.